The molecule has 0 saturated carbocycles. The van der Waals surface area contributed by atoms with Crippen LogP contribution in [0.5, 0.6) is 0 Å². The maximum atomic E-state index is 14.0. The standard InChI is InChI=1S/4C25H20FN2O/c1-15-9-11-20-21-12-10-16(2)27-25(21)29-24(20)22(15)23-19(8-5-13-28(23)3)17-6-4-7-18(26)14-17;1-15-6-12-20-21-13-7-16(2)27-25(21)29-24(20)22(15)23-19(5-4-14-28(23)3)17-8-10-18(26)11-9-17;1-15-7-10-20-21-11-8-16(2)27-25(21)29-24(20)23(15)22-12-9-18(14-28(22)3)17-5-4-6-19(26)13-17;1-15-7-9-20-21-10-8-16(2)27-25(21)29-24(20)23(15)22-14-18(11-12-28(22)3)17-5-4-6-19(26)13-17/h4*4-14H,1-3H3/q4*+1. The Morgan fingerprint density at radius 2 is 0.595 bits per heavy atom. The molecule has 0 unspecified atom stereocenters. The van der Waals surface area contributed by atoms with E-state index in [9.17, 15) is 17.6 Å². The fourth-order valence-electron chi connectivity index (χ4n) is 15.8. The van der Waals surface area contributed by atoms with Gasteiger partial charge in [0.05, 0.1) is 33.4 Å². The first-order valence-corrected chi connectivity index (χ1v) is 38.3. The molecule has 12 nitrogen and oxygen atoms in total. The zero-order valence-corrected chi connectivity index (χ0v) is 66.1. The maximum absolute atomic E-state index is 14.0. The fourth-order valence-corrected chi connectivity index (χ4v) is 15.8. The summed E-state index contributed by atoms with van der Waals surface area (Å²) in [5, 5.41) is 8.21. The normalized spacial score (nSPS) is 11.4. The summed E-state index contributed by atoms with van der Waals surface area (Å²) in [7, 11) is 8.03. The van der Waals surface area contributed by atoms with Gasteiger partial charge in [0.15, 0.2) is 47.1 Å². The highest BCUT2D eigenvalue weighted by atomic mass is 19.1. The quantitative estimate of drug-likeness (QED) is 0.109. The number of aryl methyl sites for hydroxylation is 12. The summed E-state index contributed by atoms with van der Waals surface area (Å²) in [4.78, 5) is 18.3. The number of rotatable bonds is 8. The van der Waals surface area contributed by atoms with Gasteiger partial charge in [0.25, 0.3) is 0 Å². The van der Waals surface area contributed by atoms with Crippen LogP contribution < -0.4 is 18.3 Å². The zero-order valence-electron chi connectivity index (χ0n) is 66.1. The first-order valence-electron chi connectivity index (χ1n) is 38.3. The van der Waals surface area contributed by atoms with Crippen LogP contribution in [-0.2, 0) is 28.2 Å². The number of hydrogen-bond donors (Lipinski definition) is 0. The molecule has 0 atom stereocenters. The van der Waals surface area contributed by atoms with Crippen molar-refractivity contribution in [3.63, 3.8) is 0 Å². The highest BCUT2D eigenvalue weighted by Crippen LogP contribution is 2.44. The molecule has 0 bridgehead atoms. The number of fused-ring (bicyclic) bond motifs is 12. The lowest BCUT2D eigenvalue weighted by Crippen LogP contribution is -2.31. The number of nitrogens with zero attached hydrogens (tertiary/aromatic N) is 8. The van der Waals surface area contributed by atoms with Crippen LogP contribution in [0.2, 0.25) is 0 Å². The lowest BCUT2D eigenvalue weighted by atomic mass is 9.94. The van der Waals surface area contributed by atoms with E-state index in [1.54, 1.807) is 36.4 Å². The minimum atomic E-state index is -0.252. The molecule has 12 heterocycles. The number of halogens is 4. The summed E-state index contributed by atoms with van der Waals surface area (Å²) in [6, 6.07) is 75.9. The maximum Gasteiger partial charge on any atom is 0.227 e. The summed E-state index contributed by atoms with van der Waals surface area (Å²) in [6.07, 6.45) is 8.04. The second-order valence-corrected chi connectivity index (χ2v) is 29.8. The lowest BCUT2D eigenvalue weighted by molar-refractivity contribution is -0.660. The van der Waals surface area contributed by atoms with E-state index in [-0.39, 0.29) is 23.3 Å². The molecule has 16 heteroatoms. The molecule has 0 spiro atoms. The second-order valence-electron chi connectivity index (χ2n) is 29.8. The summed E-state index contributed by atoms with van der Waals surface area (Å²) >= 11 is 0. The Bertz CT molecular complexity index is 7320. The van der Waals surface area contributed by atoms with Gasteiger partial charge in [-0.15, -0.1) is 0 Å². The van der Waals surface area contributed by atoms with Crippen molar-refractivity contribution in [3.8, 4) is 89.5 Å². The van der Waals surface area contributed by atoms with Crippen LogP contribution in [-0.4, -0.2) is 19.9 Å². The summed E-state index contributed by atoms with van der Waals surface area (Å²) in [5.41, 5.74) is 29.5. The Morgan fingerprint density at radius 1 is 0.250 bits per heavy atom. The molecule has 0 saturated heterocycles. The summed E-state index contributed by atoms with van der Waals surface area (Å²) in [6.45, 7) is 16.2. The predicted molar refractivity (Wildman–Crippen MR) is 452 cm³/mol. The molecule has 116 heavy (non-hydrogen) atoms. The van der Waals surface area contributed by atoms with Gasteiger partial charge < -0.3 is 17.7 Å². The van der Waals surface area contributed by atoms with Gasteiger partial charge in [0, 0.05) is 102 Å². The van der Waals surface area contributed by atoms with E-state index in [1.807, 2.05) is 166 Å². The Balaban J connectivity index is 0.000000111. The molecule has 0 aliphatic carbocycles. The molecule has 8 aromatic carbocycles. The molecule has 0 amide bonds. The molecule has 20 aromatic rings. The van der Waals surface area contributed by atoms with Crippen molar-refractivity contribution in [3.05, 3.63) is 336 Å². The number of furan rings is 4. The first-order chi connectivity index (χ1) is 56.1. The molecular formula is C100H80F4N8O4+4. The van der Waals surface area contributed by atoms with E-state index in [2.05, 4.69) is 157 Å². The Hall–Kier alpha value is -14.1. The largest absolute Gasteiger partial charge is 0.437 e. The fraction of sp³-hybridized carbons (Fsp3) is 0.120. The number of hydrogen-bond acceptors (Lipinski definition) is 8. The van der Waals surface area contributed by atoms with Gasteiger partial charge in [-0.05, 0) is 221 Å². The van der Waals surface area contributed by atoms with Crippen molar-refractivity contribution >= 4 is 88.3 Å². The van der Waals surface area contributed by atoms with Gasteiger partial charge in [0.2, 0.25) is 45.6 Å². The van der Waals surface area contributed by atoms with Crippen molar-refractivity contribution in [2.45, 2.75) is 55.4 Å². The third kappa shape index (κ3) is 14.0. The van der Waals surface area contributed by atoms with Crippen molar-refractivity contribution in [2.24, 2.45) is 28.2 Å². The molecule has 0 aliphatic rings. The van der Waals surface area contributed by atoms with Gasteiger partial charge in [0.1, 0.15) is 51.5 Å². The lowest BCUT2D eigenvalue weighted by Gasteiger charge is -2.10. The first kappa shape index (κ1) is 74.6. The Labute approximate surface area is 666 Å². The van der Waals surface area contributed by atoms with Gasteiger partial charge in [-0.1, -0.05) is 97.1 Å². The predicted octanol–water partition coefficient (Wildman–Crippen LogP) is 23.6. The van der Waals surface area contributed by atoms with Crippen molar-refractivity contribution in [1.29, 1.82) is 0 Å². The van der Waals surface area contributed by atoms with Crippen molar-refractivity contribution in [2.75, 3.05) is 0 Å². The minimum Gasteiger partial charge on any atom is -0.437 e. The molecule has 568 valence electrons. The van der Waals surface area contributed by atoms with E-state index in [0.717, 1.165) is 200 Å². The molecule has 0 N–H and O–H groups in total. The van der Waals surface area contributed by atoms with Crippen LogP contribution in [0.1, 0.15) is 45.0 Å². The topological polar surface area (TPSA) is 120 Å². The third-order valence-corrected chi connectivity index (χ3v) is 21.7. The van der Waals surface area contributed by atoms with Crippen molar-refractivity contribution in [1.82, 2.24) is 19.9 Å². The van der Waals surface area contributed by atoms with E-state index in [0.29, 0.717) is 22.9 Å². The van der Waals surface area contributed by atoms with E-state index in [1.165, 1.54) is 30.3 Å². The van der Waals surface area contributed by atoms with E-state index < -0.39 is 0 Å². The number of benzene rings is 8. The minimum absolute atomic E-state index is 0.236. The SMILES string of the molecule is Cc1ccc2c(n1)oc1c(-c3c(-c4ccc(F)cc4)ccc[n+]3C)c(C)ccc12.Cc1ccc2c(n1)oc1c(-c3c(-c4cccc(F)c4)ccc[n+]3C)c(C)ccc12.Cc1ccc2c(n1)oc1c(-c3cc(-c4cccc(F)c4)cc[n+]3C)c(C)ccc12.Cc1ccc2c(n1)oc1c(-c3ccc(-c4cccc(F)c4)c[n+]3C)c(C)ccc12. The van der Waals surface area contributed by atoms with Crippen LogP contribution in [0.4, 0.5) is 17.6 Å². The van der Waals surface area contributed by atoms with Gasteiger partial charge in [-0.25, -0.2) is 55.8 Å². The third-order valence-electron chi connectivity index (χ3n) is 21.7. The monoisotopic (exact) mass is 1530 g/mol. The average molecular weight is 1530 g/mol. The number of pyridine rings is 8. The highest BCUT2D eigenvalue weighted by Gasteiger charge is 2.30. The van der Waals surface area contributed by atoms with Crippen LogP contribution in [0.25, 0.3) is 178 Å². The van der Waals surface area contributed by atoms with Crippen LogP contribution in [0, 0.1) is 78.7 Å². The molecule has 0 radical (unpaired) electrons. The zero-order chi connectivity index (χ0) is 80.5. The molecular weight excluding hydrogens is 1450 g/mol. The smallest absolute Gasteiger partial charge is 0.227 e. The molecule has 0 aliphatic heterocycles. The summed E-state index contributed by atoms with van der Waals surface area (Å²) in [5.74, 6) is -0.972. The highest BCUT2D eigenvalue weighted by molar-refractivity contribution is 6.13. The van der Waals surface area contributed by atoms with Crippen LogP contribution in [0.15, 0.2) is 285 Å². The average Bonchev–Trinajstić information content (AvgIpc) is 1.58. The van der Waals surface area contributed by atoms with Gasteiger partial charge in [-0.3, -0.25) is 0 Å². The Morgan fingerprint density at radius 3 is 1.01 bits per heavy atom. The van der Waals surface area contributed by atoms with Gasteiger partial charge in [-0.2, -0.15) is 0 Å². The van der Waals surface area contributed by atoms with E-state index >= 15 is 0 Å². The molecule has 12 aromatic heterocycles. The van der Waals surface area contributed by atoms with Gasteiger partial charge >= 0.3 is 0 Å². The summed E-state index contributed by atoms with van der Waals surface area (Å²) < 4.78 is 88.1. The second kappa shape index (κ2) is 30.4. The van der Waals surface area contributed by atoms with E-state index in [4.69, 9.17) is 17.7 Å². The number of aromatic nitrogens is 8. The van der Waals surface area contributed by atoms with Crippen LogP contribution in [0.3, 0.4) is 0 Å². The van der Waals surface area contributed by atoms with Crippen LogP contribution >= 0.6 is 0 Å². The van der Waals surface area contributed by atoms with Crippen molar-refractivity contribution < 1.29 is 53.5 Å². The molecule has 20 rings (SSSR count). The molecule has 0 fully saturated rings. The Kier molecular flexibility index (Phi) is 19.6.